The van der Waals surface area contributed by atoms with E-state index in [-0.39, 0.29) is 17.9 Å². The number of aromatic nitrogens is 1. The van der Waals surface area contributed by atoms with E-state index in [1.165, 1.54) is 0 Å². The van der Waals surface area contributed by atoms with Gasteiger partial charge in [-0.1, -0.05) is 13.0 Å². The summed E-state index contributed by atoms with van der Waals surface area (Å²) in [5.74, 6) is 1.41. The highest BCUT2D eigenvalue weighted by atomic mass is 16.5. The number of hydrogen-bond donors (Lipinski definition) is 1. The van der Waals surface area contributed by atoms with Gasteiger partial charge in [0.1, 0.15) is 5.82 Å². The van der Waals surface area contributed by atoms with E-state index < -0.39 is 0 Å². The first-order valence-electron chi connectivity index (χ1n) is 12.2. The summed E-state index contributed by atoms with van der Waals surface area (Å²) in [5.41, 5.74) is 4.02. The van der Waals surface area contributed by atoms with E-state index >= 15 is 0 Å². The molecule has 3 heterocycles. The number of nitrogens with one attached hydrogen (secondary N) is 1. The van der Waals surface area contributed by atoms with Gasteiger partial charge >= 0.3 is 0 Å². The van der Waals surface area contributed by atoms with Crippen molar-refractivity contribution in [2.24, 2.45) is 11.8 Å². The maximum atomic E-state index is 14.0. The number of rotatable bonds is 4. The van der Waals surface area contributed by atoms with E-state index in [2.05, 4.69) is 46.4 Å². The van der Waals surface area contributed by atoms with Gasteiger partial charge in [0, 0.05) is 43.1 Å². The van der Waals surface area contributed by atoms with Gasteiger partial charge in [0.05, 0.1) is 37.2 Å². The second kappa shape index (κ2) is 9.69. The van der Waals surface area contributed by atoms with Crippen LogP contribution in [0.25, 0.3) is 0 Å². The van der Waals surface area contributed by atoms with E-state index in [0.29, 0.717) is 12.5 Å². The zero-order valence-electron chi connectivity index (χ0n) is 19.6. The number of ether oxygens (including phenoxy) is 2. The summed E-state index contributed by atoms with van der Waals surface area (Å²) in [6.45, 7) is 8.70. The van der Waals surface area contributed by atoms with Crippen molar-refractivity contribution in [3.63, 3.8) is 0 Å². The van der Waals surface area contributed by atoms with Crippen molar-refractivity contribution in [2.45, 2.75) is 45.8 Å². The van der Waals surface area contributed by atoms with Crippen LogP contribution in [0.3, 0.4) is 0 Å². The molecule has 3 aliphatic rings. The third-order valence-corrected chi connectivity index (χ3v) is 7.21. The zero-order valence-corrected chi connectivity index (χ0v) is 19.6. The number of carbonyl (C=O) groups excluding carboxylic acids is 1. The molecule has 0 radical (unpaired) electrons. The van der Waals surface area contributed by atoms with Crippen LogP contribution < -0.4 is 15.1 Å². The van der Waals surface area contributed by atoms with Crippen molar-refractivity contribution in [3.05, 3.63) is 42.1 Å². The third-order valence-electron chi connectivity index (χ3n) is 7.21. The van der Waals surface area contributed by atoms with Crippen LogP contribution in [0.2, 0.25) is 0 Å². The number of fused-ring (bicyclic) bond motifs is 2. The molecule has 2 aliphatic heterocycles. The molecule has 1 saturated heterocycles. The SMILES string of the molecule is CCOC1CC[C@@H](C(=O)N2Cc3cccnc3Nc3ccc(N4CCOCC4)cc32)CC1C. The summed E-state index contributed by atoms with van der Waals surface area (Å²) >= 11 is 0. The van der Waals surface area contributed by atoms with Gasteiger partial charge in [-0.05, 0) is 56.4 Å². The highest BCUT2D eigenvalue weighted by molar-refractivity contribution is 6.00. The summed E-state index contributed by atoms with van der Waals surface area (Å²) < 4.78 is 11.4. The monoisotopic (exact) mass is 450 g/mol. The number of benzene rings is 1. The molecule has 1 aliphatic carbocycles. The van der Waals surface area contributed by atoms with Gasteiger partial charge in [-0.25, -0.2) is 4.98 Å². The maximum absolute atomic E-state index is 14.0. The first-order chi connectivity index (χ1) is 16.1. The Morgan fingerprint density at radius 3 is 2.88 bits per heavy atom. The zero-order chi connectivity index (χ0) is 22.8. The maximum Gasteiger partial charge on any atom is 0.230 e. The topological polar surface area (TPSA) is 66.9 Å². The average Bonchev–Trinajstić information content (AvgIpc) is 3.02. The highest BCUT2D eigenvalue weighted by Gasteiger charge is 2.36. The number of nitrogens with zero attached hydrogens (tertiary/aromatic N) is 3. The average molecular weight is 451 g/mol. The molecule has 33 heavy (non-hydrogen) atoms. The smallest absolute Gasteiger partial charge is 0.230 e. The largest absolute Gasteiger partial charge is 0.378 e. The minimum Gasteiger partial charge on any atom is -0.378 e. The molecule has 1 aromatic heterocycles. The summed E-state index contributed by atoms with van der Waals surface area (Å²) in [5, 5.41) is 3.49. The lowest BCUT2D eigenvalue weighted by molar-refractivity contribution is -0.125. The van der Waals surface area contributed by atoms with Gasteiger partial charge < -0.3 is 24.6 Å². The fourth-order valence-corrected chi connectivity index (χ4v) is 5.40. The van der Waals surface area contributed by atoms with Crippen molar-refractivity contribution in [2.75, 3.05) is 48.0 Å². The first-order valence-corrected chi connectivity index (χ1v) is 12.2. The highest BCUT2D eigenvalue weighted by Crippen LogP contribution is 2.40. The Morgan fingerprint density at radius 2 is 2.09 bits per heavy atom. The predicted molar refractivity (Wildman–Crippen MR) is 130 cm³/mol. The molecular formula is C26H34N4O3. The van der Waals surface area contributed by atoms with E-state index in [4.69, 9.17) is 9.47 Å². The second-order valence-electron chi connectivity index (χ2n) is 9.34. The molecule has 1 amide bonds. The molecular weight excluding hydrogens is 416 g/mol. The molecule has 2 aromatic rings. The van der Waals surface area contributed by atoms with Crippen LogP contribution in [-0.4, -0.2) is 49.9 Å². The molecule has 3 atom stereocenters. The molecule has 2 unspecified atom stereocenters. The van der Waals surface area contributed by atoms with Crippen LogP contribution in [0.15, 0.2) is 36.5 Å². The quantitative estimate of drug-likeness (QED) is 0.747. The molecule has 1 saturated carbocycles. The van der Waals surface area contributed by atoms with Crippen LogP contribution >= 0.6 is 0 Å². The molecule has 7 nitrogen and oxygen atoms in total. The molecule has 5 rings (SSSR count). The minimum absolute atomic E-state index is 0.00909. The molecule has 1 N–H and O–H groups in total. The van der Waals surface area contributed by atoms with Crippen LogP contribution in [0.4, 0.5) is 22.9 Å². The van der Waals surface area contributed by atoms with E-state index in [1.807, 2.05) is 17.9 Å². The number of carbonyl (C=O) groups is 1. The lowest BCUT2D eigenvalue weighted by Gasteiger charge is -2.36. The van der Waals surface area contributed by atoms with E-state index in [1.54, 1.807) is 6.20 Å². The lowest BCUT2D eigenvalue weighted by atomic mass is 9.79. The Kier molecular flexibility index (Phi) is 6.51. The lowest BCUT2D eigenvalue weighted by Crippen LogP contribution is -2.41. The first kappa shape index (κ1) is 22.2. The number of amides is 1. The predicted octanol–water partition coefficient (Wildman–Crippen LogP) is 4.35. The van der Waals surface area contributed by atoms with Gasteiger partial charge in [0.15, 0.2) is 0 Å². The summed E-state index contributed by atoms with van der Waals surface area (Å²) in [6.07, 6.45) is 4.73. The third kappa shape index (κ3) is 4.57. The van der Waals surface area contributed by atoms with Crippen molar-refractivity contribution in [1.82, 2.24) is 4.98 Å². The van der Waals surface area contributed by atoms with Gasteiger partial charge in [-0.2, -0.15) is 0 Å². The van der Waals surface area contributed by atoms with E-state index in [0.717, 1.165) is 80.6 Å². The van der Waals surface area contributed by atoms with Crippen LogP contribution in [0, 0.1) is 11.8 Å². The number of morpholine rings is 1. The van der Waals surface area contributed by atoms with E-state index in [9.17, 15) is 4.79 Å². The van der Waals surface area contributed by atoms with Crippen molar-refractivity contribution in [3.8, 4) is 0 Å². The van der Waals surface area contributed by atoms with Crippen molar-refractivity contribution < 1.29 is 14.3 Å². The molecule has 7 heteroatoms. The van der Waals surface area contributed by atoms with Gasteiger partial charge in [-0.15, -0.1) is 0 Å². The van der Waals surface area contributed by atoms with Gasteiger partial charge in [-0.3, -0.25) is 4.79 Å². The van der Waals surface area contributed by atoms with Crippen molar-refractivity contribution in [1.29, 1.82) is 0 Å². The number of hydrogen-bond acceptors (Lipinski definition) is 6. The summed E-state index contributed by atoms with van der Waals surface area (Å²) in [7, 11) is 0. The fourth-order valence-electron chi connectivity index (χ4n) is 5.40. The van der Waals surface area contributed by atoms with Crippen LogP contribution in [0.1, 0.15) is 38.7 Å². The Balaban J connectivity index is 1.47. The van der Waals surface area contributed by atoms with Crippen LogP contribution in [-0.2, 0) is 20.8 Å². The Labute approximate surface area is 196 Å². The fraction of sp³-hybridized carbons (Fsp3) is 0.538. The molecule has 0 bridgehead atoms. The second-order valence-corrected chi connectivity index (χ2v) is 9.34. The normalized spacial score (nSPS) is 25.0. The molecule has 1 aromatic carbocycles. The van der Waals surface area contributed by atoms with Gasteiger partial charge in [0.2, 0.25) is 5.91 Å². The number of anilines is 4. The Bertz CT molecular complexity index is 991. The summed E-state index contributed by atoms with van der Waals surface area (Å²) in [4.78, 5) is 22.8. The molecule has 2 fully saturated rings. The number of pyridine rings is 1. The standard InChI is InChI=1S/C26H34N4O3/c1-3-33-24-9-6-19(15-18(24)2)26(31)30-17-20-5-4-10-27-25(20)28-22-8-7-21(16-23(22)30)29-11-13-32-14-12-29/h4-5,7-8,10,16,18-19,24H,3,6,9,11-15,17H2,1-2H3,(H,27,28)/t18?,19-,24?/m1/s1. The summed E-state index contributed by atoms with van der Waals surface area (Å²) in [6, 6.07) is 10.4. The Morgan fingerprint density at radius 1 is 1.24 bits per heavy atom. The Hall–Kier alpha value is -2.64. The minimum atomic E-state index is 0.00909. The van der Waals surface area contributed by atoms with Gasteiger partial charge in [0.25, 0.3) is 0 Å². The van der Waals surface area contributed by atoms with Crippen LogP contribution in [0.5, 0.6) is 0 Å². The van der Waals surface area contributed by atoms with Crippen molar-refractivity contribution >= 4 is 28.8 Å². The molecule has 176 valence electrons. The molecule has 0 spiro atoms.